The van der Waals surface area contributed by atoms with E-state index >= 15 is 0 Å². The molecule has 1 atom stereocenters. The Morgan fingerprint density at radius 1 is 1.14 bits per heavy atom. The Kier molecular flexibility index (Phi) is 3.95. The Hall–Kier alpha value is -2.57. The van der Waals surface area contributed by atoms with Crippen LogP contribution in [0.3, 0.4) is 0 Å². The summed E-state index contributed by atoms with van der Waals surface area (Å²) in [6, 6.07) is 1.79. The van der Waals surface area contributed by atoms with E-state index in [1.165, 1.54) is 0 Å². The molecule has 2 aliphatic rings. The van der Waals surface area contributed by atoms with Crippen molar-refractivity contribution < 1.29 is 4.79 Å². The van der Waals surface area contributed by atoms with E-state index in [0.717, 1.165) is 13.1 Å². The van der Waals surface area contributed by atoms with Crippen molar-refractivity contribution in [2.24, 2.45) is 17.4 Å². The van der Waals surface area contributed by atoms with Gasteiger partial charge in [-0.3, -0.25) is 4.79 Å². The zero-order chi connectivity index (χ0) is 15.5. The predicted molar refractivity (Wildman–Crippen MR) is 83.5 cm³/mol. The quantitative estimate of drug-likeness (QED) is 0.786. The van der Waals surface area contributed by atoms with Crippen molar-refractivity contribution in [2.45, 2.75) is 6.42 Å². The Morgan fingerprint density at radius 3 is 2.45 bits per heavy atom. The van der Waals surface area contributed by atoms with Crippen molar-refractivity contribution in [3.8, 4) is 0 Å². The fourth-order valence-corrected chi connectivity index (χ4v) is 2.84. The largest absolute Gasteiger partial charge is 0.402 e. The van der Waals surface area contributed by atoms with Crippen molar-refractivity contribution in [1.82, 2.24) is 14.9 Å². The molecule has 1 aliphatic heterocycles. The number of aromatic nitrogens is 2. The molecular formula is C15H20N6O. The van der Waals surface area contributed by atoms with E-state index in [-0.39, 0.29) is 11.8 Å². The average Bonchev–Trinajstić information content (AvgIpc) is 2.54. The molecule has 7 heteroatoms. The molecule has 0 radical (unpaired) electrons. The molecule has 116 valence electrons. The summed E-state index contributed by atoms with van der Waals surface area (Å²) in [4.78, 5) is 25.0. The van der Waals surface area contributed by atoms with Crippen LogP contribution >= 0.6 is 0 Å². The number of piperazine rings is 1. The van der Waals surface area contributed by atoms with Crippen LogP contribution in [0.5, 0.6) is 0 Å². The first-order valence-electron chi connectivity index (χ1n) is 7.37. The number of allylic oxidation sites excluding steroid dienone is 2. The summed E-state index contributed by atoms with van der Waals surface area (Å²) >= 11 is 0. The van der Waals surface area contributed by atoms with E-state index in [9.17, 15) is 4.79 Å². The molecule has 1 unspecified atom stereocenters. The maximum Gasteiger partial charge on any atom is 0.230 e. The minimum atomic E-state index is -0.246. The molecule has 1 fully saturated rings. The fraction of sp³-hybridized carbons (Fsp3) is 0.400. The number of amides is 1. The van der Waals surface area contributed by atoms with Gasteiger partial charge in [-0.15, -0.1) is 0 Å². The van der Waals surface area contributed by atoms with Gasteiger partial charge in [0.15, 0.2) is 0 Å². The molecule has 3 rings (SSSR count). The Morgan fingerprint density at radius 2 is 1.82 bits per heavy atom. The molecule has 0 saturated carbocycles. The third-order valence-corrected chi connectivity index (χ3v) is 3.94. The summed E-state index contributed by atoms with van der Waals surface area (Å²) in [5, 5.41) is 0. The van der Waals surface area contributed by atoms with Crippen molar-refractivity contribution in [2.75, 3.05) is 31.1 Å². The molecule has 1 amide bonds. The van der Waals surface area contributed by atoms with E-state index in [1.54, 1.807) is 30.6 Å². The number of anilines is 1. The van der Waals surface area contributed by atoms with Gasteiger partial charge in [-0.2, -0.15) is 0 Å². The van der Waals surface area contributed by atoms with Gasteiger partial charge in [0, 0.05) is 56.4 Å². The van der Waals surface area contributed by atoms with E-state index in [2.05, 4.69) is 14.9 Å². The molecule has 4 N–H and O–H groups in total. The van der Waals surface area contributed by atoms with Crippen LogP contribution in [0.2, 0.25) is 0 Å². The molecule has 1 saturated heterocycles. The van der Waals surface area contributed by atoms with Crippen LogP contribution in [0.25, 0.3) is 0 Å². The summed E-state index contributed by atoms with van der Waals surface area (Å²) in [5.41, 5.74) is 12.8. The molecule has 1 aliphatic carbocycles. The van der Waals surface area contributed by atoms with Crippen molar-refractivity contribution >= 4 is 11.9 Å². The summed E-state index contributed by atoms with van der Waals surface area (Å²) in [6.07, 6.45) is 7.51. The van der Waals surface area contributed by atoms with E-state index in [0.29, 0.717) is 36.9 Å². The first-order valence-corrected chi connectivity index (χ1v) is 7.37. The van der Waals surface area contributed by atoms with E-state index in [4.69, 9.17) is 11.5 Å². The minimum Gasteiger partial charge on any atom is -0.402 e. The van der Waals surface area contributed by atoms with Crippen LogP contribution in [0.1, 0.15) is 6.42 Å². The highest BCUT2D eigenvalue weighted by Crippen LogP contribution is 2.21. The fourth-order valence-electron chi connectivity index (χ4n) is 2.84. The standard InChI is InChI=1S/C15H20N6O/c16-12-8-11(9-13(17)10-12)14(22)20-4-6-21(7-5-20)15-18-2-1-3-19-15/h1-3,8,10-11H,4-7,9,16-17H2. The van der Waals surface area contributed by atoms with Crippen LogP contribution in [0.4, 0.5) is 5.95 Å². The summed E-state index contributed by atoms with van der Waals surface area (Å²) in [7, 11) is 0. The molecule has 7 nitrogen and oxygen atoms in total. The second-order valence-electron chi connectivity index (χ2n) is 5.56. The van der Waals surface area contributed by atoms with Gasteiger partial charge < -0.3 is 21.3 Å². The third kappa shape index (κ3) is 3.03. The molecule has 0 aromatic carbocycles. The molecule has 0 bridgehead atoms. The predicted octanol–water partition coefficient (Wildman–Crippen LogP) is -0.170. The van der Waals surface area contributed by atoms with Crippen LogP contribution in [0, 0.1) is 5.92 Å². The number of nitrogens with two attached hydrogens (primary N) is 2. The normalized spacial score (nSPS) is 22.1. The lowest BCUT2D eigenvalue weighted by atomic mass is 9.95. The third-order valence-electron chi connectivity index (χ3n) is 3.94. The SMILES string of the molecule is NC1=CC(C(=O)N2CCN(c3ncccn3)CC2)CC(N)=C1. The Bertz CT molecular complexity index is 604. The maximum atomic E-state index is 12.6. The first kappa shape index (κ1) is 14.4. The smallest absolute Gasteiger partial charge is 0.230 e. The lowest BCUT2D eigenvalue weighted by molar-refractivity contribution is -0.134. The van der Waals surface area contributed by atoms with Crippen LogP contribution in [0.15, 0.2) is 42.0 Å². The molecular weight excluding hydrogens is 280 g/mol. The number of nitrogens with zero attached hydrogens (tertiary/aromatic N) is 4. The Balaban J connectivity index is 1.60. The first-order chi connectivity index (χ1) is 10.6. The highest BCUT2D eigenvalue weighted by atomic mass is 16.2. The lowest BCUT2D eigenvalue weighted by Gasteiger charge is -2.36. The van der Waals surface area contributed by atoms with Crippen molar-refractivity contribution in [3.63, 3.8) is 0 Å². The minimum absolute atomic E-state index is 0.0904. The molecule has 1 aromatic rings. The second kappa shape index (κ2) is 6.05. The van der Waals surface area contributed by atoms with Gasteiger partial charge in [0.25, 0.3) is 0 Å². The van der Waals surface area contributed by atoms with Gasteiger partial charge >= 0.3 is 0 Å². The summed E-state index contributed by atoms with van der Waals surface area (Å²) in [5.74, 6) is 0.556. The van der Waals surface area contributed by atoms with Crippen LogP contribution in [-0.2, 0) is 4.79 Å². The average molecular weight is 300 g/mol. The monoisotopic (exact) mass is 300 g/mol. The van der Waals surface area contributed by atoms with Crippen LogP contribution in [-0.4, -0.2) is 47.0 Å². The van der Waals surface area contributed by atoms with Crippen LogP contribution < -0.4 is 16.4 Å². The van der Waals surface area contributed by atoms with E-state index in [1.807, 2.05) is 4.90 Å². The Labute approximate surface area is 129 Å². The zero-order valence-electron chi connectivity index (χ0n) is 12.4. The second-order valence-corrected chi connectivity index (χ2v) is 5.56. The van der Waals surface area contributed by atoms with Gasteiger partial charge in [-0.05, 0) is 18.2 Å². The maximum absolute atomic E-state index is 12.6. The van der Waals surface area contributed by atoms with Gasteiger partial charge in [0.05, 0.1) is 5.92 Å². The molecule has 0 spiro atoms. The lowest BCUT2D eigenvalue weighted by Crippen LogP contribution is -2.51. The topological polar surface area (TPSA) is 101 Å². The number of carbonyl (C=O) groups excluding carboxylic acids is 1. The highest BCUT2D eigenvalue weighted by Gasteiger charge is 2.28. The molecule has 1 aromatic heterocycles. The van der Waals surface area contributed by atoms with E-state index < -0.39 is 0 Å². The number of hydrogen-bond acceptors (Lipinski definition) is 6. The number of carbonyl (C=O) groups is 1. The molecule has 22 heavy (non-hydrogen) atoms. The number of hydrogen-bond donors (Lipinski definition) is 2. The van der Waals surface area contributed by atoms with Gasteiger partial charge in [-0.25, -0.2) is 9.97 Å². The van der Waals surface area contributed by atoms with Crippen molar-refractivity contribution in [3.05, 3.63) is 42.0 Å². The summed E-state index contributed by atoms with van der Waals surface area (Å²) < 4.78 is 0. The van der Waals surface area contributed by atoms with Crippen molar-refractivity contribution in [1.29, 1.82) is 0 Å². The van der Waals surface area contributed by atoms with Gasteiger partial charge in [0.2, 0.25) is 11.9 Å². The molecule has 2 heterocycles. The van der Waals surface area contributed by atoms with Gasteiger partial charge in [0.1, 0.15) is 0 Å². The highest BCUT2D eigenvalue weighted by molar-refractivity contribution is 5.81. The summed E-state index contributed by atoms with van der Waals surface area (Å²) in [6.45, 7) is 2.77. The van der Waals surface area contributed by atoms with Gasteiger partial charge in [-0.1, -0.05) is 0 Å². The zero-order valence-corrected chi connectivity index (χ0v) is 12.4. The number of rotatable bonds is 2.